The summed E-state index contributed by atoms with van der Waals surface area (Å²) in [6, 6.07) is 3.97. The average molecular weight is 241 g/mol. The second kappa shape index (κ2) is 7.38. The van der Waals surface area contributed by atoms with Crippen molar-refractivity contribution < 1.29 is 8.78 Å². The third-order valence-electron chi connectivity index (χ3n) is 2.75. The molecule has 0 heterocycles. The Morgan fingerprint density at radius 2 is 1.76 bits per heavy atom. The van der Waals surface area contributed by atoms with E-state index in [2.05, 4.69) is 19.2 Å². The topological polar surface area (TPSA) is 12.0 Å². The van der Waals surface area contributed by atoms with Gasteiger partial charge in [0.2, 0.25) is 0 Å². The molecule has 0 aliphatic rings. The van der Waals surface area contributed by atoms with Crippen LogP contribution >= 0.6 is 0 Å². The van der Waals surface area contributed by atoms with Gasteiger partial charge in [-0.05, 0) is 31.0 Å². The monoisotopic (exact) mass is 241 g/mol. The molecule has 0 aromatic heterocycles. The number of hydrogen-bond acceptors (Lipinski definition) is 1. The van der Waals surface area contributed by atoms with Crippen molar-refractivity contribution in [2.24, 2.45) is 5.92 Å². The lowest BCUT2D eigenvalue weighted by Gasteiger charge is -2.08. The van der Waals surface area contributed by atoms with Crippen molar-refractivity contribution in [2.45, 2.75) is 39.7 Å². The van der Waals surface area contributed by atoms with Crippen LogP contribution in [0.15, 0.2) is 18.2 Å². The number of benzene rings is 1. The van der Waals surface area contributed by atoms with E-state index in [1.165, 1.54) is 24.6 Å². The lowest BCUT2D eigenvalue weighted by atomic mass is 10.1. The van der Waals surface area contributed by atoms with Gasteiger partial charge in [0, 0.05) is 12.1 Å². The van der Waals surface area contributed by atoms with Crippen LogP contribution in [0, 0.1) is 17.6 Å². The zero-order valence-electron chi connectivity index (χ0n) is 10.6. The van der Waals surface area contributed by atoms with Crippen LogP contribution in [0.5, 0.6) is 0 Å². The molecule has 1 N–H and O–H groups in total. The van der Waals surface area contributed by atoms with Gasteiger partial charge < -0.3 is 5.32 Å². The molecule has 1 nitrogen and oxygen atoms in total. The van der Waals surface area contributed by atoms with Crippen LogP contribution < -0.4 is 5.32 Å². The number of rotatable bonds is 7. The molecule has 0 bridgehead atoms. The summed E-state index contributed by atoms with van der Waals surface area (Å²) < 4.78 is 26.5. The quantitative estimate of drug-likeness (QED) is 0.714. The molecule has 0 radical (unpaired) electrons. The Morgan fingerprint density at radius 1 is 1.12 bits per heavy atom. The van der Waals surface area contributed by atoms with Gasteiger partial charge in [0.15, 0.2) is 0 Å². The van der Waals surface area contributed by atoms with Crippen molar-refractivity contribution in [3.05, 3.63) is 35.4 Å². The highest BCUT2D eigenvalue weighted by Gasteiger charge is 2.06. The first-order chi connectivity index (χ1) is 8.11. The van der Waals surface area contributed by atoms with E-state index in [1.807, 2.05) is 0 Å². The molecule has 0 fully saturated rings. The summed E-state index contributed by atoms with van der Waals surface area (Å²) in [5, 5.41) is 3.08. The molecular weight excluding hydrogens is 220 g/mol. The molecule has 0 amide bonds. The second-order valence-electron chi connectivity index (χ2n) is 4.77. The van der Waals surface area contributed by atoms with Crippen LogP contribution in [0.3, 0.4) is 0 Å². The molecule has 17 heavy (non-hydrogen) atoms. The van der Waals surface area contributed by atoms with Crippen LogP contribution in [0.2, 0.25) is 0 Å². The Kier molecular flexibility index (Phi) is 6.12. The molecule has 1 rings (SSSR count). The molecule has 0 atom stereocenters. The van der Waals surface area contributed by atoms with Crippen molar-refractivity contribution >= 4 is 0 Å². The maximum absolute atomic E-state index is 13.3. The zero-order valence-corrected chi connectivity index (χ0v) is 10.6. The highest BCUT2D eigenvalue weighted by Crippen LogP contribution is 2.11. The molecule has 0 aliphatic carbocycles. The molecular formula is C14H21F2N. The first kappa shape index (κ1) is 14.1. The minimum atomic E-state index is -0.473. The second-order valence-corrected chi connectivity index (χ2v) is 4.77. The predicted octanol–water partition coefficient (Wildman–Crippen LogP) is 3.88. The lowest BCUT2D eigenvalue weighted by Crippen LogP contribution is -2.16. The smallest absolute Gasteiger partial charge is 0.130 e. The van der Waals surface area contributed by atoms with Crippen molar-refractivity contribution in [1.82, 2.24) is 5.32 Å². The van der Waals surface area contributed by atoms with E-state index in [4.69, 9.17) is 0 Å². The zero-order chi connectivity index (χ0) is 12.7. The maximum atomic E-state index is 13.3. The van der Waals surface area contributed by atoms with Gasteiger partial charge in [0.25, 0.3) is 0 Å². The van der Waals surface area contributed by atoms with Gasteiger partial charge >= 0.3 is 0 Å². The molecule has 0 saturated heterocycles. The minimum absolute atomic E-state index is 0.136. The van der Waals surface area contributed by atoms with Crippen LogP contribution in [-0.4, -0.2) is 6.54 Å². The Morgan fingerprint density at radius 3 is 2.35 bits per heavy atom. The van der Waals surface area contributed by atoms with Gasteiger partial charge in [0.05, 0.1) is 0 Å². The summed E-state index contributed by atoms with van der Waals surface area (Å²) in [4.78, 5) is 0. The van der Waals surface area contributed by atoms with E-state index < -0.39 is 11.6 Å². The van der Waals surface area contributed by atoms with Crippen molar-refractivity contribution in [1.29, 1.82) is 0 Å². The van der Waals surface area contributed by atoms with E-state index in [0.717, 1.165) is 25.3 Å². The van der Waals surface area contributed by atoms with Gasteiger partial charge in [-0.15, -0.1) is 0 Å². The van der Waals surface area contributed by atoms with E-state index in [0.29, 0.717) is 0 Å². The van der Waals surface area contributed by atoms with Crippen molar-refractivity contribution in [2.75, 3.05) is 6.54 Å². The Labute approximate surface area is 102 Å². The predicted molar refractivity (Wildman–Crippen MR) is 66.8 cm³/mol. The van der Waals surface area contributed by atoms with Gasteiger partial charge in [-0.1, -0.05) is 32.8 Å². The van der Waals surface area contributed by atoms with Gasteiger partial charge in [-0.3, -0.25) is 0 Å². The molecule has 0 spiro atoms. The van der Waals surface area contributed by atoms with E-state index in [9.17, 15) is 8.78 Å². The fourth-order valence-corrected chi connectivity index (χ4v) is 1.72. The number of unbranched alkanes of at least 4 members (excludes halogenated alkanes) is 1. The summed E-state index contributed by atoms with van der Waals surface area (Å²) in [6.07, 6.45) is 3.41. The highest BCUT2D eigenvalue weighted by atomic mass is 19.1. The molecule has 1 aromatic carbocycles. The van der Waals surface area contributed by atoms with Crippen LogP contribution in [-0.2, 0) is 6.54 Å². The summed E-state index contributed by atoms with van der Waals surface area (Å²) in [5.74, 6) is -0.224. The Hall–Kier alpha value is -0.960. The molecule has 0 aliphatic heterocycles. The Balaban J connectivity index is 2.22. The number of nitrogens with one attached hydrogen (secondary N) is 1. The summed E-state index contributed by atoms with van der Waals surface area (Å²) >= 11 is 0. The largest absolute Gasteiger partial charge is 0.312 e. The SMILES string of the molecule is CC(C)CCCCNCc1c(F)cccc1F. The molecule has 0 unspecified atom stereocenters. The fourth-order valence-electron chi connectivity index (χ4n) is 1.72. The summed E-state index contributed by atoms with van der Waals surface area (Å²) in [6.45, 7) is 5.46. The Bertz CT molecular complexity index is 317. The van der Waals surface area contributed by atoms with Crippen LogP contribution in [0.25, 0.3) is 0 Å². The highest BCUT2D eigenvalue weighted by molar-refractivity contribution is 5.19. The lowest BCUT2D eigenvalue weighted by molar-refractivity contribution is 0.505. The fraction of sp³-hybridized carbons (Fsp3) is 0.571. The molecule has 0 saturated carbocycles. The molecule has 1 aromatic rings. The number of halogens is 2. The van der Waals surface area contributed by atoms with Gasteiger partial charge in [-0.25, -0.2) is 8.78 Å². The van der Waals surface area contributed by atoms with E-state index in [-0.39, 0.29) is 12.1 Å². The van der Waals surface area contributed by atoms with Gasteiger partial charge in [0.1, 0.15) is 11.6 Å². The standard InChI is InChI=1S/C14H21F2N/c1-11(2)6-3-4-9-17-10-12-13(15)7-5-8-14(12)16/h5,7-8,11,17H,3-4,6,9-10H2,1-2H3. The van der Waals surface area contributed by atoms with Crippen LogP contribution in [0.4, 0.5) is 8.78 Å². The number of hydrogen-bond donors (Lipinski definition) is 1. The third kappa shape index (κ3) is 5.26. The first-order valence-electron chi connectivity index (χ1n) is 6.25. The molecule has 96 valence electrons. The average Bonchev–Trinajstić information content (AvgIpc) is 2.26. The normalized spacial score (nSPS) is 11.1. The summed E-state index contributed by atoms with van der Waals surface area (Å²) in [7, 11) is 0. The third-order valence-corrected chi connectivity index (χ3v) is 2.75. The van der Waals surface area contributed by atoms with Crippen molar-refractivity contribution in [3.8, 4) is 0 Å². The minimum Gasteiger partial charge on any atom is -0.312 e. The van der Waals surface area contributed by atoms with E-state index in [1.54, 1.807) is 0 Å². The van der Waals surface area contributed by atoms with Gasteiger partial charge in [-0.2, -0.15) is 0 Å². The maximum Gasteiger partial charge on any atom is 0.130 e. The van der Waals surface area contributed by atoms with Crippen molar-refractivity contribution in [3.63, 3.8) is 0 Å². The van der Waals surface area contributed by atoms with E-state index >= 15 is 0 Å². The summed E-state index contributed by atoms with van der Waals surface area (Å²) in [5.41, 5.74) is 0.136. The molecule has 3 heteroatoms. The first-order valence-corrected chi connectivity index (χ1v) is 6.25. The van der Waals surface area contributed by atoms with Crippen LogP contribution in [0.1, 0.15) is 38.7 Å².